The molecule has 1 unspecified atom stereocenters. The van der Waals surface area contributed by atoms with Crippen molar-refractivity contribution >= 4 is 27.2 Å². The summed E-state index contributed by atoms with van der Waals surface area (Å²) in [6.07, 6.45) is 2.14. The first-order chi connectivity index (χ1) is 10.5. The van der Waals surface area contributed by atoms with E-state index in [1.807, 2.05) is 6.07 Å². The van der Waals surface area contributed by atoms with Crippen LogP contribution in [0.5, 0.6) is 0 Å². The summed E-state index contributed by atoms with van der Waals surface area (Å²) in [6.45, 7) is 3.78. The number of carbonyl (C=O) groups excluding carboxylic acids is 1. The van der Waals surface area contributed by atoms with Crippen LogP contribution in [-0.2, 0) is 14.6 Å². The second-order valence-electron chi connectivity index (χ2n) is 5.73. The molecule has 2 aliphatic heterocycles. The van der Waals surface area contributed by atoms with Crippen LogP contribution in [0, 0.1) is 5.92 Å². The van der Waals surface area contributed by atoms with E-state index in [-0.39, 0.29) is 17.4 Å². The first-order valence-electron chi connectivity index (χ1n) is 7.46. The molecule has 1 aromatic heterocycles. The molecule has 0 radical (unpaired) electrons. The van der Waals surface area contributed by atoms with E-state index in [1.54, 1.807) is 12.3 Å². The smallest absolute Gasteiger partial charge is 0.229 e. The molecular weight excluding hydrogens is 304 g/mol. The van der Waals surface area contributed by atoms with Crippen molar-refractivity contribution in [3.8, 4) is 0 Å². The molecule has 1 aromatic rings. The fourth-order valence-electron chi connectivity index (χ4n) is 2.80. The van der Waals surface area contributed by atoms with Crippen LogP contribution in [0.25, 0.3) is 0 Å². The lowest BCUT2D eigenvalue weighted by molar-refractivity contribution is -0.119. The minimum Gasteiger partial charge on any atom is -0.368 e. The molecule has 2 N–H and O–H groups in total. The summed E-state index contributed by atoms with van der Waals surface area (Å²) in [5.74, 6) is -0.214. The van der Waals surface area contributed by atoms with Gasteiger partial charge in [0, 0.05) is 26.2 Å². The Bertz CT molecular complexity index is 639. The first-order valence-corrected chi connectivity index (χ1v) is 9.29. The highest BCUT2D eigenvalue weighted by Crippen LogP contribution is 2.21. The van der Waals surface area contributed by atoms with E-state index in [9.17, 15) is 13.2 Å². The molecule has 0 bridgehead atoms. The summed E-state index contributed by atoms with van der Waals surface area (Å²) in [7, 11) is -3.05. The quantitative estimate of drug-likeness (QED) is 0.804. The highest BCUT2D eigenvalue weighted by Gasteiger charge is 2.33. The van der Waals surface area contributed by atoms with Crippen molar-refractivity contribution in [3.05, 3.63) is 18.3 Å². The Balaban J connectivity index is 1.60. The molecule has 0 saturated carbocycles. The summed E-state index contributed by atoms with van der Waals surface area (Å²) >= 11 is 0. The topological polar surface area (TPSA) is 91.4 Å². The summed E-state index contributed by atoms with van der Waals surface area (Å²) in [4.78, 5) is 18.5. The molecule has 8 heteroatoms. The largest absolute Gasteiger partial charge is 0.368 e. The number of pyridine rings is 1. The van der Waals surface area contributed by atoms with E-state index in [2.05, 4.69) is 20.5 Å². The number of nitrogens with zero attached hydrogens (tertiary/aromatic N) is 2. The Labute approximate surface area is 130 Å². The zero-order valence-electron chi connectivity index (χ0n) is 12.3. The van der Waals surface area contributed by atoms with Crippen LogP contribution in [0.2, 0.25) is 0 Å². The molecule has 1 amide bonds. The maximum Gasteiger partial charge on any atom is 0.229 e. The van der Waals surface area contributed by atoms with Gasteiger partial charge >= 0.3 is 0 Å². The van der Waals surface area contributed by atoms with Gasteiger partial charge in [0.25, 0.3) is 0 Å². The molecule has 0 aromatic carbocycles. The number of nitrogens with one attached hydrogen (secondary N) is 2. The van der Waals surface area contributed by atoms with Crippen molar-refractivity contribution in [2.24, 2.45) is 5.92 Å². The molecule has 7 nitrogen and oxygen atoms in total. The highest BCUT2D eigenvalue weighted by atomic mass is 32.2. The molecular formula is C14H20N4O3S. The van der Waals surface area contributed by atoms with Gasteiger partial charge in [0.15, 0.2) is 9.84 Å². The minimum atomic E-state index is -3.05. The summed E-state index contributed by atoms with van der Waals surface area (Å²) in [5.41, 5.74) is 1.03. The van der Waals surface area contributed by atoms with E-state index < -0.39 is 15.8 Å². The van der Waals surface area contributed by atoms with E-state index in [1.165, 1.54) is 0 Å². The van der Waals surface area contributed by atoms with Crippen LogP contribution >= 0.6 is 0 Å². The highest BCUT2D eigenvalue weighted by molar-refractivity contribution is 7.91. The molecule has 2 aliphatic rings. The molecule has 3 heterocycles. The van der Waals surface area contributed by atoms with Crippen LogP contribution < -0.4 is 15.5 Å². The molecule has 2 fully saturated rings. The van der Waals surface area contributed by atoms with Crippen LogP contribution in [0.15, 0.2) is 18.3 Å². The number of piperazine rings is 1. The van der Waals surface area contributed by atoms with Gasteiger partial charge in [0.05, 0.1) is 29.3 Å². The number of anilines is 2. The Hall–Kier alpha value is -1.67. The van der Waals surface area contributed by atoms with Crippen molar-refractivity contribution in [2.45, 2.75) is 6.42 Å². The number of hydrogen-bond acceptors (Lipinski definition) is 6. The standard InChI is InChI=1S/C14H20N4O3S/c19-14(11-3-8-22(20,21)10-11)17-13-2-1-12(9-16-13)18-6-4-15-5-7-18/h1-2,9,11,15H,3-8,10H2,(H,16,17,19). The van der Waals surface area contributed by atoms with Crippen molar-refractivity contribution in [1.82, 2.24) is 10.3 Å². The van der Waals surface area contributed by atoms with Gasteiger partial charge in [-0.3, -0.25) is 4.79 Å². The normalized spacial score (nSPS) is 24.2. The van der Waals surface area contributed by atoms with Crippen molar-refractivity contribution in [1.29, 1.82) is 0 Å². The van der Waals surface area contributed by atoms with Gasteiger partial charge in [-0.25, -0.2) is 13.4 Å². The van der Waals surface area contributed by atoms with Crippen LogP contribution in [0.4, 0.5) is 11.5 Å². The van der Waals surface area contributed by atoms with Gasteiger partial charge < -0.3 is 15.5 Å². The molecule has 120 valence electrons. The average molecular weight is 324 g/mol. The van der Waals surface area contributed by atoms with Crippen molar-refractivity contribution < 1.29 is 13.2 Å². The summed E-state index contributed by atoms with van der Waals surface area (Å²) in [5, 5.41) is 6.00. The van der Waals surface area contributed by atoms with Gasteiger partial charge in [-0.15, -0.1) is 0 Å². The molecule has 1 atom stereocenters. The molecule has 2 saturated heterocycles. The zero-order chi connectivity index (χ0) is 15.6. The third-order valence-corrected chi connectivity index (χ3v) is 5.85. The van der Waals surface area contributed by atoms with Gasteiger partial charge in [-0.2, -0.15) is 0 Å². The minimum absolute atomic E-state index is 0.0578. The van der Waals surface area contributed by atoms with Crippen LogP contribution in [-0.4, -0.2) is 57.0 Å². The fourth-order valence-corrected chi connectivity index (χ4v) is 4.54. The predicted octanol–water partition coefficient (Wildman–Crippen LogP) is -0.136. The van der Waals surface area contributed by atoms with Gasteiger partial charge in [0.1, 0.15) is 5.82 Å². The number of aromatic nitrogens is 1. The monoisotopic (exact) mass is 324 g/mol. The lowest BCUT2D eigenvalue weighted by Gasteiger charge is -2.29. The third-order valence-electron chi connectivity index (χ3n) is 4.08. The second kappa shape index (κ2) is 6.21. The van der Waals surface area contributed by atoms with Gasteiger partial charge in [-0.05, 0) is 18.6 Å². The molecule has 3 rings (SSSR count). The summed E-state index contributed by atoms with van der Waals surface area (Å²) < 4.78 is 22.8. The van der Waals surface area contributed by atoms with Crippen molar-refractivity contribution in [3.63, 3.8) is 0 Å². The van der Waals surface area contributed by atoms with Gasteiger partial charge in [-0.1, -0.05) is 0 Å². The van der Waals surface area contributed by atoms with E-state index in [4.69, 9.17) is 0 Å². The number of hydrogen-bond donors (Lipinski definition) is 2. The fraction of sp³-hybridized carbons (Fsp3) is 0.571. The van der Waals surface area contributed by atoms with E-state index >= 15 is 0 Å². The Morgan fingerprint density at radius 2 is 2.09 bits per heavy atom. The van der Waals surface area contributed by atoms with Crippen LogP contribution in [0.1, 0.15) is 6.42 Å². The lowest BCUT2D eigenvalue weighted by Crippen LogP contribution is -2.43. The second-order valence-corrected chi connectivity index (χ2v) is 7.96. The Morgan fingerprint density at radius 3 is 2.68 bits per heavy atom. The Kier molecular flexibility index (Phi) is 4.30. The van der Waals surface area contributed by atoms with Crippen LogP contribution in [0.3, 0.4) is 0 Å². The van der Waals surface area contributed by atoms with E-state index in [0.29, 0.717) is 12.2 Å². The van der Waals surface area contributed by atoms with Crippen molar-refractivity contribution in [2.75, 3.05) is 47.9 Å². The maximum atomic E-state index is 12.1. The zero-order valence-corrected chi connectivity index (χ0v) is 13.1. The Morgan fingerprint density at radius 1 is 1.32 bits per heavy atom. The average Bonchev–Trinajstić information content (AvgIpc) is 2.89. The maximum absolute atomic E-state index is 12.1. The number of amides is 1. The van der Waals surface area contributed by atoms with Gasteiger partial charge in [0.2, 0.25) is 5.91 Å². The summed E-state index contributed by atoms with van der Waals surface area (Å²) in [6, 6.07) is 3.69. The number of sulfone groups is 1. The SMILES string of the molecule is O=C(Nc1ccc(N2CCNCC2)cn1)C1CCS(=O)(=O)C1. The molecule has 0 spiro atoms. The predicted molar refractivity (Wildman–Crippen MR) is 84.7 cm³/mol. The molecule has 22 heavy (non-hydrogen) atoms. The first kappa shape index (κ1) is 15.2. The third kappa shape index (κ3) is 3.56. The lowest BCUT2D eigenvalue weighted by atomic mass is 10.1. The number of rotatable bonds is 3. The molecule has 0 aliphatic carbocycles. The van der Waals surface area contributed by atoms with E-state index in [0.717, 1.165) is 31.9 Å². The number of carbonyl (C=O) groups is 1.